The van der Waals surface area contributed by atoms with Crippen LogP contribution in [0.1, 0.15) is 24.7 Å². The van der Waals surface area contributed by atoms with Crippen LogP contribution in [0.15, 0.2) is 41.0 Å². The van der Waals surface area contributed by atoms with E-state index in [9.17, 15) is 14.4 Å². The van der Waals surface area contributed by atoms with E-state index in [0.29, 0.717) is 23.8 Å². The summed E-state index contributed by atoms with van der Waals surface area (Å²) in [6.45, 7) is 2.49. The van der Waals surface area contributed by atoms with Gasteiger partial charge in [0.05, 0.1) is 18.7 Å². The van der Waals surface area contributed by atoms with Gasteiger partial charge in [-0.15, -0.1) is 0 Å². The molecule has 0 spiro atoms. The van der Waals surface area contributed by atoms with Gasteiger partial charge in [-0.3, -0.25) is 14.4 Å². The maximum atomic E-state index is 12.4. The lowest BCUT2D eigenvalue weighted by molar-refractivity contribution is -0.158. The molecule has 1 N–H and O–H groups in total. The van der Waals surface area contributed by atoms with Crippen molar-refractivity contribution in [2.45, 2.75) is 32.5 Å². The molecule has 1 aromatic carbocycles. The Morgan fingerprint density at radius 3 is 2.90 bits per heavy atom. The van der Waals surface area contributed by atoms with Crippen molar-refractivity contribution in [3.63, 3.8) is 0 Å². The van der Waals surface area contributed by atoms with Crippen LogP contribution in [0, 0.1) is 5.92 Å². The predicted octanol–water partition coefficient (Wildman–Crippen LogP) is 1.60. The number of rotatable bonds is 7. The third kappa shape index (κ3) is 4.40. The molecular weight excluding hydrogens is 392 g/mol. The summed E-state index contributed by atoms with van der Waals surface area (Å²) in [5, 5.41) is 2.73. The fourth-order valence-electron chi connectivity index (χ4n) is 3.38. The Bertz CT molecular complexity index is 941. The molecule has 9 heteroatoms. The first-order chi connectivity index (χ1) is 14.5. The lowest BCUT2D eigenvalue weighted by atomic mass is 10.1. The highest BCUT2D eigenvalue weighted by Gasteiger charge is 2.36. The zero-order valence-electron chi connectivity index (χ0n) is 16.5. The first kappa shape index (κ1) is 19.8. The van der Waals surface area contributed by atoms with Crippen molar-refractivity contribution in [1.82, 2.24) is 10.2 Å². The summed E-state index contributed by atoms with van der Waals surface area (Å²) in [4.78, 5) is 38.4. The van der Waals surface area contributed by atoms with Crippen LogP contribution in [0.4, 0.5) is 0 Å². The van der Waals surface area contributed by atoms with Gasteiger partial charge < -0.3 is 28.8 Å². The van der Waals surface area contributed by atoms with Gasteiger partial charge in [-0.25, -0.2) is 0 Å². The molecule has 9 nitrogen and oxygen atoms in total. The van der Waals surface area contributed by atoms with Crippen LogP contribution in [-0.2, 0) is 32.2 Å². The van der Waals surface area contributed by atoms with Gasteiger partial charge >= 0.3 is 5.97 Å². The van der Waals surface area contributed by atoms with Crippen LogP contribution >= 0.6 is 0 Å². The summed E-state index contributed by atoms with van der Waals surface area (Å²) in [6, 6.07) is 8.90. The highest BCUT2D eigenvalue weighted by atomic mass is 16.7. The number of carbonyl (C=O) groups is 3. The Balaban J connectivity index is 1.24. The molecule has 0 aliphatic carbocycles. The standard InChI is InChI=1S/C21H22N2O7/c1-13(20(25)22-9-14-4-5-17-18(7-14)29-12-28-17)30-21(26)15-8-19(24)23(10-15)11-16-3-2-6-27-16/h2-7,13,15H,8-12H2,1H3,(H,22,25)/t13-,15+/m0/s1. The van der Waals surface area contributed by atoms with Crippen molar-refractivity contribution in [3.05, 3.63) is 47.9 Å². The van der Waals surface area contributed by atoms with E-state index >= 15 is 0 Å². The molecule has 30 heavy (non-hydrogen) atoms. The summed E-state index contributed by atoms with van der Waals surface area (Å²) in [7, 11) is 0. The molecule has 3 heterocycles. The summed E-state index contributed by atoms with van der Waals surface area (Å²) in [5.41, 5.74) is 0.834. The van der Waals surface area contributed by atoms with Crippen LogP contribution in [0.3, 0.4) is 0 Å². The predicted molar refractivity (Wildman–Crippen MR) is 102 cm³/mol. The molecule has 1 fully saturated rings. The molecule has 158 valence electrons. The molecule has 0 bridgehead atoms. The number of hydrogen-bond acceptors (Lipinski definition) is 7. The number of amides is 2. The maximum Gasteiger partial charge on any atom is 0.312 e. The van der Waals surface area contributed by atoms with Crippen LogP contribution < -0.4 is 14.8 Å². The molecule has 0 unspecified atom stereocenters. The van der Waals surface area contributed by atoms with E-state index in [2.05, 4.69) is 5.32 Å². The van der Waals surface area contributed by atoms with E-state index in [-0.39, 0.29) is 32.2 Å². The lowest BCUT2D eigenvalue weighted by Gasteiger charge is -2.17. The molecule has 4 rings (SSSR count). The fraction of sp³-hybridized carbons (Fsp3) is 0.381. The molecule has 2 aliphatic heterocycles. The van der Waals surface area contributed by atoms with Crippen molar-refractivity contribution in [1.29, 1.82) is 0 Å². The molecule has 2 amide bonds. The number of esters is 1. The summed E-state index contributed by atoms with van der Waals surface area (Å²) < 4.78 is 21.1. The summed E-state index contributed by atoms with van der Waals surface area (Å²) >= 11 is 0. The van der Waals surface area contributed by atoms with E-state index < -0.39 is 23.9 Å². The van der Waals surface area contributed by atoms with Crippen molar-refractivity contribution in [2.24, 2.45) is 5.92 Å². The third-order valence-electron chi connectivity index (χ3n) is 5.04. The monoisotopic (exact) mass is 414 g/mol. The van der Waals surface area contributed by atoms with Crippen molar-refractivity contribution >= 4 is 17.8 Å². The number of nitrogens with zero attached hydrogens (tertiary/aromatic N) is 1. The number of likely N-dealkylation sites (tertiary alicyclic amines) is 1. The quantitative estimate of drug-likeness (QED) is 0.686. The van der Waals surface area contributed by atoms with E-state index in [4.69, 9.17) is 18.6 Å². The minimum Gasteiger partial charge on any atom is -0.467 e. The fourth-order valence-corrected chi connectivity index (χ4v) is 3.38. The topological polar surface area (TPSA) is 107 Å². The van der Waals surface area contributed by atoms with Gasteiger partial charge in [0.15, 0.2) is 17.6 Å². The minimum atomic E-state index is -0.972. The van der Waals surface area contributed by atoms with E-state index in [1.807, 2.05) is 6.07 Å². The molecule has 1 saturated heterocycles. The molecule has 2 aromatic rings. The van der Waals surface area contributed by atoms with Gasteiger partial charge in [0.2, 0.25) is 12.7 Å². The number of benzene rings is 1. The molecule has 0 radical (unpaired) electrons. The second kappa shape index (κ2) is 8.48. The SMILES string of the molecule is C[C@H](OC(=O)[C@@H]1CC(=O)N(Cc2ccco2)C1)C(=O)NCc1ccc2c(c1)OCO2. The van der Waals surface area contributed by atoms with Crippen molar-refractivity contribution < 1.29 is 33.0 Å². The van der Waals surface area contributed by atoms with Gasteiger partial charge in [-0.2, -0.15) is 0 Å². The highest BCUT2D eigenvalue weighted by molar-refractivity contribution is 5.88. The van der Waals surface area contributed by atoms with E-state index in [1.54, 1.807) is 29.2 Å². The smallest absolute Gasteiger partial charge is 0.312 e. The number of ether oxygens (including phenoxy) is 3. The largest absolute Gasteiger partial charge is 0.467 e. The molecule has 2 aliphatic rings. The number of hydrogen-bond donors (Lipinski definition) is 1. The third-order valence-corrected chi connectivity index (χ3v) is 5.04. The molecule has 2 atom stereocenters. The van der Waals surface area contributed by atoms with Gasteiger partial charge in [-0.1, -0.05) is 6.07 Å². The van der Waals surface area contributed by atoms with Crippen LogP contribution in [0.2, 0.25) is 0 Å². The first-order valence-electron chi connectivity index (χ1n) is 9.66. The highest BCUT2D eigenvalue weighted by Crippen LogP contribution is 2.32. The van der Waals surface area contributed by atoms with Crippen molar-refractivity contribution in [2.75, 3.05) is 13.3 Å². The Morgan fingerprint density at radius 1 is 1.27 bits per heavy atom. The normalized spacial score (nSPS) is 18.4. The van der Waals surface area contributed by atoms with Gasteiger partial charge in [-0.05, 0) is 36.8 Å². The first-order valence-corrected chi connectivity index (χ1v) is 9.66. The Hall–Kier alpha value is -3.49. The number of furan rings is 1. The van der Waals surface area contributed by atoms with Gasteiger partial charge in [0.25, 0.3) is 5.91 Å². The average Bonchev–Trinajstić information content (AvgIpc) is 3.48. The van der Waals surface area contributed by atoms with Crippen LogP contribution in [0.25, 0.3) is 0 Å². The second-order valence-corrected chi connectivity index (χ2v) is 7.24. The Kier molecular flexibility index (Phi) is 5.60. The lowest BCUT2D eigenvalue weighted by Crippen LogP contribution is -2.37. The Morgan fingerprint density at radius 2 is 2.10 bits per heavy atom. The number of nitrogens with one attached hydrogen (secondary N) is 1. The van der Waals surface area contributed by atoms with Crippen LogP contribution in [0.5, 0.6) is 11.5 Å². The van der Waals surface area contributed by atoms with E-state index in [0.717, 1.165) is 5.56 Å². The average molecular weight is 414 g/mol. The second-order valence-electron chi connectivity index (χ2n) is 7.24. The van der Waals surface area contributed by atoms with Gasteiger partial charge in [0, 0.05) is 19.5 Å². The van der Waals surface area contributed by atoms with Crippen molar-refractivity contribution in [3.8, 4) is 11.5 Å². The summed E-state index contributed by atoms with van der Waals surface area (Å²) in [5.74, 6) is 0.220. The number of carbonyl (C=O) groups excluding carboxylic acids is 3. The molecule has 0 saturated carbocycles. The van der Waals surface area contributed by atoms with Gasteiger partial charge in [0.1, 0.15) is 5.76 Å². The van der Waals surface area contributed by atoms with E-state index in [1.165, 1.54) is 13.2 Å². The summed E-state index contributed by atoms with van der Waals surface area (Å²) in [6.07, 6.45) is 0.622. The van der Waals surface area contributed by atoms with Crippen LogP contribution in [-0.4, -0.2) is 42.1 Å². The number of fused-ring (bicyclic) bond motifs is 1. The maximum absolute atomic E-state index is 12.4. The molecule has 1 aromatic heterocycles. The minimum absolute atomic E-state index is 0.0606. The zero-order chi connectivity index (χ0) is 21.1. The molecular formula is C21H22N2O7. The zero-order valence-corrected chi connectivity index (χ0v) is 16.5. The Labute approximate surface area is 172 Å².